The molecule has 0 fully saturated rings. The first-order valence-electron chi connectivity index (χ1n) is 9.93. The normalized spacial score (nSPS) is 12.0. The predicted octanol–water partition coefficient (Wildman–Crippen LogP) is 4.13. The first-order chi connectivity index (χ1) is 13.6. The second-order valence-electron chi connectivity index (χ2n) is 8.43. The lowest BCUT2D eigenvalue weighted by atomic mass is 10.2. The molecule has 7 nitrogen and oxygen atoms in total. The Bertz CT molecular complexity index is 651. The zero-order valence-corrected chi connectivity index (χ0v) is 22.5. The van der Waals surface area contributed by atoms with Gasteiger partial charge in [-0.3, -0.25) is 9.98 Å². The molecule has 0 aromatic carbocycles. The van der Waals surface area contributed by atoms with Crippen molar-refractivity contribution in [2.75, 3.05) is 32.9 Å². The molecule has 0 aliphatic heterocycles. The van der Waals surface area contributed by atoms with Crippen LogP contribution >= 0.6 is 35.7 Å². The Hall–Kier alpha value is -1.23. The number of aliphatic imine (C=N–C) groups is 1. The molecule has 1 aromatic rings. The molecule has 1 amide bonds. The van der Waals surface area contributed by atoms with Gasteiger partial charge in [0.1, 0.15) is 5.60 Å². The molecule has 0 bridgehead atoms. The number of hydrogen-bond donors (Lipinski definition) is 2. The zero-order chi connectivity index (χ0) is 21.9. The van der Waals surface area contributed by atoms with Gasteiger partial charge in [0.2, 0.25) is 0 Å². The Morgan fingerprint density at radius 2 is 1.97 bits per heavy atom. The fourth-order valence-electron chi connectivity index (χ4n) is 2.34. The molecule has 0 aliphatic rings. The zero-order valence-electron chi connectivity index (χ0n) is 19.3. The quantitative estimate of drug-likeness (QED) is 0.208. The van der Waals surface area contributed by atoms with Crippen molar-refractivity contribution in [3.05, 3.63) is 30.1 Å². The van der Waals surface area contributed by atoms with Gasteiger partial charge in [-0.2, -0.15) is 11.8 Å². The van der Waals surface area contributed by atoms with Crippen molar-refractivity contribution < 1.29 is 9.53 Å². The monoisotopic (exact) mass is 551 g/mol. The number of hydrogen-bond acceptors (Lipinski definition) is 5. The average molecular weight is 552 g/mol. The Morgan fingerprint density at radius 1 is 1.27 bits per heavy atom. The molecule has 2 N–H and O–H groups in total. The Labute approximate surface area is 203 Å². The van der Waals surface area contributed by atoms with E-state index in [1.54, 1.807) is 24.3 Å². The number of pyridine rings is 1. The minimum absolute atomic E-state index is 0. The fourth-order valence-corrected chi connectivity index (χ4v) is 2.56. The van der Waals surface area contributed by atoms with E-state index in [9.17, 15) is 4.79 Å². The van der Waals surface area contributed by atoms with E-state index in [1.165, 1.54) is 0 Å². The number of carbonyl (C=O) groups is 1. The van der Waals surface area contributed by atoms with Gasteiger partial charge in [0.25, 0.3) is 0 Å². The molecule has 0 radical (unpaired) electrons. The van der Waals surface area contributed by atoms with E-state index in [1.807, 2.05) is 44.7 Å². The molecule has 0 spiro atoms. The van der Waals surface area contributed by atoms with Crippen molar-refractivity contribution in [1.82, 2.24) is 20.5 Å². The van der Waals surface area contributed by atoms with Crippen LogP contribution in [0.25, 0.3) is 0 Å². The SMILES string of the molecule is CN=C(NCCCN(Cc1cccnc1)C(=O)OC(C)(C)C)NCC(C)(C)SC.I. The molecule has 1 heterocycles. The standard InChI is InChI=1S/C21H37N5O2S.HI/c1-20(2,3)28-19(27)26(15-17-10-8-11-23-14-17)13-9-12-24-18(22-6)25-16-21(4,5)29-7;/h8,10-11,14H,9,12-13,15-16H2,1-7H3,(H2,22,24,25);1H. The molecule has 0 aliphatic carbocycles. The van der Waals surface area contributed by atoms with Gasteiger partial charge in [-0.05, 0) is 58.9 Å². The van der Waals surface area contributed by atoms with Crippen molar-refractivity contribution in [2.45, 2.75) is 57.9 Å². The molecule has 0 saturated heterocycles. The molecular weight excluding hydrogens is 513 g/mol. The molecule has 172 valence electrons. The van der Waals surface area contributed by atoms with Crippen LogP contribution in [0.2, 0.25) is 0 Å². The van der Waals surface area contributed by atoms with Gasteiger partial charge in [-0.1, -0.05) is 6.07 Å². The fraction of sp³-hybridized carbons (Fsp3) is 0.667. The van der Waals surface area contributed by atoms with Gasteiger partial charge in [-0.25, -0.2) is 4.79 Å². The van der Waals surface area contributed by atoms with E-state index in [-0.39, 0.29) is 34.8 Å². The maximum atomic E-state index is 12.6. The summed E-state index contributed by atoms with van der Waals surface area (Å²) < 4.78 is 5.70. The van der Waals surface area contributed by atoms with Gasteiger partial charge < -0.3 is 20.3 Å². The third kappa shape index (κ3) is 12.5. The van der Waals surface area contributed by atoms with Gasteiger partial charge in [0.15, 0.2) is 5.96 Å². The van der Waals surface area contributed by atoms with Crippen molar-refractivity contribution >= 4 is 47.8 Å². The molecule has 1 aromatic heterocycles. The van der Waals surface area contributed by atoms with Crippen LogP contribution in [0.15, 0.2) is 29.5 Å². The number of halogens is 1. The average Bonchev–Trinajstić information content (AvgIpc) is 2.65. The van der Waals surface area contributed by atoms with E-state index in [4.69, 9.17) is 4.74 Å². The topological polar surface area (TPSA) is 78.9 Å². The van der Waals surface area contributed by atoms with Gasteiger partial charge in [-0.15, -0.1) is 24.0 Å². The summed E-state index contributed by atoms with van der Waals surface area (Å²) in [6.07, 6.45) is 6.06. The van der Waals surface area contributed by atoms with Gasteiger partial charge >= 0.3 is 6.09 Å². The molecule has 30 heavy (non-hydrogen) atoms. The summed E-state index contributed by atoms with van der Waals surface area (Å²) in [7, 11) is 1.76. The maximum Gasteiger partial charge on any atom is 0.410 e. The highest BCUT2D eigenvalue weighted by molar-refractivity contribution is 14.0. The molecule has 0 saturated carbocycles. The third-order valence-electron chi connectivity index (χ3n) is 4.10. The maximum absolute atomic E-state index is 12.6. The van der Waals surface area contributed by atoms with Gasteiger partial charge in [0, 0.05) is 43.8 Å². The number of carbonyl (C=O) groups excluding carboxylic acids is 1. The van der Waals surface area contributed by atoms with Crippen molar-refractivity contribution in [1.29, 1.82) is 0 Å². The molecule has 1 rings (SSSR count). The van der Waals surface area contributed by atoms with E-state index >= 15 is 0 Å². The largest absolute Gasteiger partial charge is 0.444 e. The third-order valence-corrected chi connectivity index (χ3v) is 5.35. The molecule has 0 unspecified atom stereocenters. The van der Waals surface area contributed by atoms with Crippen LogP contribution in [0.5, 0.6) is 0 Å². The summed E-state index contributed by atoms with van der Waals surface area (Å²) in [5.74, 6) is 0.767. The highest BCUT2D eigenvalue weighted by Gasteiger charge is 2.22. The van der Waals surface area contributed by atoms with Gasteiger partial charge in [0.05, 0.1) is 6.54 Å². The number of nitrogens with one attached hydrogen (secondary N) is 2. The van der Waals surface area contributed by atoms with Crippen LogP contribution in [-0.2, 0) is 11.3 Å². The minimum Gasteiger partial charge on any atom is -0.444 e. The van der Waals surface area contributed by atoms with Crippen LogP contribution in [0.4, 0.5) is 4.79 Å². The highest BCUT2D eigenvalue weighted by Crippen LogP contribution is 2.19. The van der Waals surface area contributed by atoms with Crippen molar-refractivity contribution in [3.8, 4) is 0 Å². The van der Waals surface area contributed by atoms with Crippen molar-refractivity contribution in [3.63, 3.8) is 0 Å². The number of guanidine groups is 1. The highest BCUT2D eigenvalue weighted by atomic mass is 127. The summed E-state index contributed by atoms with van der Waals surface area (Å²) in [5, 5.41) is 6.66. The lowest BCUT2D eigenvalue weighted by Gasteiger charge is -2.27. The Morgan fingerprint density at radius 3 is 2.50 bits per heavy atom. The molecular formula is C21H38IN5O2S. The van der Waals surface area contributed by atoms with Crippen LogP contribution in [-0.4, -0.2) is 65.2 Å². The number of thioether (sulfide) groups is 1. The lowest BCUT2D eigenvalue weighted by Crippen LogP contribution is -2.44. The number of nitrogens with zero attached hydrogens (tertiary/aromatic N) is 3. The smallest absolute Gasteiger partial charge is 0.410 e. The van der Waals surface area contributed by atoms with Crippen LogP contribution in [0.3, 0.4) is 0 Å². The summed E-state index contributed by atoms with van der Waals surface area (Å²) >= 11 is 1.81. The predicted molar refractivity (Wildman–Crippen MR) is 138 cm³/mol. The number of rotatable bonds is 9. The summed E-state index contributed by atoms with van der Waals surface area (Å²) in [5.41, 5.74) is 0.446. The first-order valence-corrected chi connectivity index (χ1v) is 11.2. The Kier molecular flexibility index (Phi) is 13.4. The van der Waals surface area contributed by atoms with Crippen LogP contribution in [0, 0.1) is 0 Å². The summed E-state index contributed by atoms with van der Waals surface area (Å²) in [6, 6.07) is 3.83. The van der Waals surface area contributed by atoms with E-state index in [2.05, 4.69) is 40.7 Å². The van der Waals surface area contributed by atoms with Crippen LogP contribution in [0.1, 0.15) is 46.6 Å². The summed E-state index contributed by atoms with van der Waals surface area (Å²) in [4.78, 5) is 22.7. The number of amides is 1. The van der Waals surface area contributed by atoms with E-state index in [0.717, 1.165) is 24.5 Å². The lowest BCUT2D eigenvalue weighted by molar-refractivity contribution is 0.0232. The first kappa shape index (κ1) is 28.8. The second-order valence-corrected chi connectivity index (χ2v) is 9.95. The van der Waals surface area contributed by atoms with E-state index < -0.39 is 5.60 Å². The van der Waals surface area contributed by atoms with E-state index in [0.29, 0.717) is 19.6 Å². The number of ether oxygens (including phenoxy) is 1. The second kappa shape index (κ2) is 14.0. The number of aromatic nitrogens is 1. The Balaban J connectivity index is 0.00000841. The van der Waals surface area contributed by atoms with Crippen LogP contribution < -0.4 is 10.6 Å². The molecule has 9 heteroatoms. The minimum atomic E-state index is -0.529. The molecule has 0 atom stereocenters. The summed E-state index contributed by atoms with van der Waals surface area (Å²) in [6.45, 7) is 12.6. The van der Waals surface area contributed by atoms with Crippen molar-refractivity contribution in [2.24, 2.45) is 4.99 Å².